The number of hydrogen-bond acceptors (Lipinski definition) is 3. The second-order valence-electron chi connectivity index (χ2n) is 3.82. The maximum atomic E-state index is 13.9. The van der Waals surface area contributed by atoms with Gasteiger partial charge in [0.25, 0.3) is 0 Å². The molecule has 16 heavy (non-hydrogen) atoms. The molecule has 1 aliphatic carbocycles. The van der Waals surface area contributed by atoms with Gasteiger partial charge in [-0.05, 0) is 18.9 Å². The van der Waals surface area contributed by atoms with Gasteiger partial charge < -0.3 is 14.6 Å². The Morgan fingerprint density at radius 3 is 2.44 bits per heavy atom. The van der Waals surface area contributed by atoms with Gasteiger partial charge in [-0.15, -0.1) is 0 Å². The fourth-order valence-corrected chi connectivity index (χ4v) is 1.93. The molecule has 1 saturated carbocycles. The highest BCUT2D eigenvalue weighted by atomic mass is 35.5. The van der Waals surface area contributed by atoms with Gasteiger partial charge in [0, 0.05) is 5.56 Å². The first kappa shape index (κ1) is 11.5. The summed E-state index contributed by atoms with van der Waals surface area (Å²) in [7, 11) is 2.82. The lowest BCUT2D eigenvalue weighted by Gasteiger charge is -2.16. The lowest BCUT2D eigenvalue weighted by Crippen LogP contribution is -2.09. The largest absolute Gasteiger partial charge is 0.493 e. The highest BCUT2D eigenvalue weighted by molar-refractivity contribution is 6.32. The van der Waals surface area contributed by atoms with Gasteiger partial charge in [0.15, 0.2) is 17.3 Å². The van der Waals surface area contributed by atoms with Crippen LogP contribution in [0.3, 0.4) is 0 Å². The number of rotatable bonds is 3. The highest BCUT2D eigenvalue weighted by Gasteiger charge is 2.45. The molecule has 1 fully saturated rings. The van der Waals surface area contributed by atoms with Crippen LogP contribution in [0.25, 0.3) is 0 Å². The number of aliphatic hydroxyl groups is 1. The number of halogens is 2. The molecule has 0 saturated heterocycles. The summed E-state index contributed by atoms with van der Waals surface area (Å²) >= 11 is 5.83. The summed E-state index contributed by atoms with van der Waals surface area (Å²) < 4.78 is 23.9. The molecule has 0 amide bonds. The topological polar surface area (TPSA) is 38.7 Å². The van der Waals surface area contributed by atoms with Crippen LogP contribution in [0.5, 0.6) is 11.5 Å². The molecular weight excluding hydrogens is 235 g/mol. The first-order valence-corrected chi connectivity index (χ1v) is 5.24. The molecule has 1 aromatic carbocycles. The van der Waals surface area contributed by atoms with Gasteiger partial charge in [0.05, 0.1) is 19.8 Å². The van der Waals surface area contributed by atoms with E-state index in [1.165, 1.54) is 20.3 Å². The smallest absolute Gasteiger partial charge is 0.182 e. The third-order valence-corrected chi connectivity index (χ3v) is 3.11. The summed E-state index contributed by atoms with van der Waals surface area (Å²) in [5.41, 5.74) is -0.914. The summed E-state index contributed by atoms with van der Waals surface area (Å²) in [6.45, 7) is 0. The minimum atomic E-state index is -1.09. The zero-order chi connectivity index (χ0) is 11.9. The van der Waals surface area contributed by atoms with Crippen LogP contribution < -0.4 is 9.47 Å². The Balaban J connectivity index is 2.60. The molecule has 3 nitrogen and oxygen atoms in total. The Hall–Kier alpha value is -1.00. The molecule has 0 heterocycles. The maximum absolute atomic E-state index is 13.9. The molecule has 0 spiro atoms. The Bertz CT molecular complexity index is 430. The Morgan fingerprint density at radius 1 is 1.38 bits per heavy atom. The van der Waals surface area contributed by atoms with Crippen molar-refractivity contribution in [3.63, 3.8) is 0 Å². The van der Waals surface area contributed by atoms with E-state index in [1.54, 1.807) is 0 Å². The van der Waals surface area contributed by atoms with Crippen LogP contribution in [0.4, 0.5) is 4.39 Å². The van der Waals surface area contributed by atoms with Crippen molar-refractivity contribution in [3.8, 4) is 11.5 Å². The van der Waals surface area contributed by atoms with Gasteiger partial charge in [-0.25, -0.2) is 4.39 Å². The minimum Gasteiger partial charge on any atom is -0.493 e. The van der Waals surface area contributed by atoms with Gasteiger partial charge in [0.2, 0.25) is 0 Å². The molecule has 1 N–H and O–H groups in total. The van der Waals surface area contributed by atoms with Gasteiger partial charge in [-0.2, -0.15) is 0 Å². The van der Waals surface area contributed by atoms with E-state index >= 15 is 0 Å². The molecule has 2 rings (SSSR count). The second kappa shape index (κ2) is 3.79. The molecule has 0 aromatic heterocycles. The molecule has 5 heteroatoms. The predicted octanol–water partition coefficient (Wildman–Crippen LogP) is 2.48. The molecule has 88 valence electrons. The van der Waals surface area contributed by atoms with Gasteiger partial charge >= 0.3 is 0 Å². The average Bonchev–Trinajstić information content (AvgIpc) is 3.01. The third kappa shape index (κ3) is 1.62. The minimum absolute atomic E-state index is 0.148. The van der Waals surface area contributed by atoms with Crippen LogP contribution in [0, 0.1) is 5.82 Å². The Kier molecular flexibility index (Phi) is 2.72. The number of methoxy groups -OCH3 is 2. The quantitative estimate of drug-likeness (QED) is 0.891. The van der Waals surface area contributed by atoms with E-state index in [2.05, 4.69) is 0 Å². The monoisotopic (exact) mass is 246 g/mol. The van der Waals surface area contributed by atoms with Crippen LogP contribution in [0.15, 0.2) is 6.07 Å². The van der Waals surface area contributed by atoms with Gasteiger partial charge in [-0.3, -0.25) is 0 Å². The van der Waals surface area contributed by atoms with Crippen LogP contribution in [0.2, 0.25) is 5.02 Å². The Morgan fingerprint density at radius 2 is 2.00 bits per heavy atom. The second-order valence-corrected chi connectivity index (χ2v) is 4.20. The molecule has 1 aliphatic rings. The van der Waals surface area contributed by atoms with Crippen molar-refractivity contribution in [2.45, 2.75) is 18.4 Å². The zero-order valence-corrected chi connectivity index (χ0v) is 9.77. The molecule has 1 aromatic rings. The normalized spacial score (nSPS) is 17.1. The highest BCUT2D eigenvalue weighted by Crippen LogP contribution is 2.50. The van der Waals surface area contributed by atoms with Crippen molar-refractivity contribution in [3.05, 3.63) is 22.5 Å². The third-order valence-electron chi connectivity index (χ3n) is 2.78. The molecule has 0 bridgehead atoms. The van der Waals surface area contributed by atoms with Crippen molar-refractivity contribution in [1.82, 2.24) is 0 Å². The van der Waals surface area contributed by atoms with E-state index < -0.39 is 11.4 Å². The van der Waals surface area contributed by atoms with Gasteiger partial charge in [0.1, 0.15) is 5.02 Å². The Labute approximate surface area is 97.7 Å². The number of benzene rings is 1. The fourth-order valence-electron chi connectivity index (χ4n) is 1.65. The van der Waals surface area contributed by atoms with E-state index in [0.717, 1.165) is 0 Å². The number of hydrogen-bond donors (Lipinski definition) is 1. The first-order chi connectivity index (χ1) is 7.53. The van der Waals surface area contributed by atoms with Crippen molar-refractivity contribution in [1.29, 1.82) is 0 Å². The molecule has 0 radical (unpaired) electrons. The zero-order valence-electron chi connectivity index (χ0n) is 9.01. The van der Waals surface area contributed by atoms with E-state index in [0.29, 0.717) is 18.6 Å². The van der Waals surface area contributed by atoms with Crippen molar-refractivity contribution in [2.75, 3.05) is 14.2 Å². The van der Waals surface area contributed by atoms with E-state index in [9.17, 15) is 9.50 Å². The van der Waals surface area contributed by atoms with Crippen LogP contribution in [-0.2, 0) is 5.60 Å². The molecule has 0 unspecified atom stereocenters. The SMILES string of the molecule is COc1cc(C2(O)CC2)c(F)c(Cl)c1OC. The lowest BCUT2D eigenvalue weighted by molar-refractivity contribution is 0.146. The average molecular weight is 247 g/mol. The van der Waals surface area contributed by atoms with Crippen molar-refractivity contribution < 1.29 is 19.0 Å². The molecular formula is C11H12ClFO3. The molecule has 0 atom stereocenters. The lowest BCUT2D eigenvalue weighted by atomic mass is 10.1. The van der Waals surface area contributed by atoms with E-state index in [1.807, 2.05) is 0 Å². The predicted molar refractivity (Wildman–Crippen MR) is 57.6 cm³/mol. The molecule has 0 aliphatic heterocycles. The summed E-state index contributed by atoms with van der Waals surface area (Å²) in [6, 6.07) is 1.44. The maximum Gasteiger partial charge on any atom is 0.182 e. The van der Waals surface area contributed by atoms with Crippen LogP contribution in [-0.4, -0.2) is 19.3 Å². The standard InChI is InChI=1S/C11H12ClFO3/c1-15-7-5-6(11(14)3-4-11)9(13)8(12)10(7)16-2/h5,14H,3-4H2,1-2H3. The van der Waals surface area contributed by atoms with Crippen LogP contribution >= 0.6 is 11.6 Å². The van der Waals surface area contributed by atoms with Gasteiger partial charge in [-0.1, -0.05) is 11.6 Å². The van der Waals surface area contributed by atoms with Crippen molar-refractivity contribution >= 4 is 11.6 Å². The van der Waals surface area contributed by atoms with Crippen LogP contribution in [0.1, 0.15) is 18.4 Å². The number of ether oxygens (including phenoxy) is 2. The summed E-state index contributed by atoms with van der Waals surface area (Å²) in [5, 5.41) is 9.74. The van der Waals surface area contributed by atoms with E-state index in [-0.39, 0.29) is 16.3 Å². The summed E-state index contributed by atoms with van der Waals surface area (Å²) in [4.78, 5) is 0. The summed E-state index contributed by atoms with van der Waals surface area (Å²) in [6.07, 6.45) is 1.07. The summed E-state index contributed by atoms with van der Waals surface area (Å²) in [5.74, 6) is -0.168. The van der Waals surface area contributed by atoms with E-state index in [4.69, 9.17) is 21.1 Å². The fraction of sp³-hybridized carbons (Fsp3) is 0.455. The van der Waals surface area contributed by atoms with Crippen molar-refractivity contribution in [2.24, 2.45) is 0 Å². The first-order valence-electron chi connectivity index (χ1n) is 4.86.